The Morgan fingerprint density at radius 2 is 1.50 bits per heavy atom. The third-order valence-corrected chi connectivity index (χ3v) is 8.55. The van der Waals surface area contributed by atoms with Gasteiger partial charge in [0, 0.05) is 13.3 Å². The number of primary amides is 1. The van der Waals surface area contributed by atoms with E-state index in [0.717, 1.165) is 23.0 Å². The molecule has 2 aromatic carbocycles. The van der Waals surface area contributed by atoms with Crippen LogP contribution in [0.4, 0.5) is 0 Å². The number of hydrogen-bond donors (Lipinski definition) is 7. The lowest BCUT2D eigenvalue weighted by atomic mass is 9.94. The number of rotatable bonds is 17. The molecule has 1 fully saturated rings. The molecule has 3 rings (SSSR count). The van der Waals surface area contributed by atoms with Crippen LogP contribution in [0.15, 0.2) is 60.7 Å². The summed E-state index contributed by atoms with van der Waals surface area (Å²) in [6.07, 6.45) is -8.67. The Morgan fingerprint density at radius 1 is 0.942 bits per heavy atom. The number of hydrogen-bond acceptors (Lipinski definition) is 12. The molecule has 17 heteroatoms. The van der Waals surface area contributed by atoms with Crippen molar-refractivity contribution >= 4 is 35.6 Å². The maximum atomic E-state index is 13.4. The molecule has 1 saturated heterocycles. The van der Waals surface area contributed by atoms with E-state index in [9.17, 15) is 44.1 Å². The van der Waals surface area contributed by atoms with Crippen molar-refractivity contribution in [3.8, 4) is 0 Å². The van der Waals surface area contributed by atoms with Crippen LogP contribution in [0.1, 0.15) is 57.8 Å². The summed E-state index contributed by atoms with van der Waals surface area (Å²) in [7, 11) is 0. The Morgan fingerprint density at radius 3 is 1.98 bits per heavy atom. The van der Waals surface area contributed by atoms with E-state index in [0.29, 0.717) is 0 Å². The zero-order chi connectivity index (χ0) is 38.7. The molecule has 9 atom stereocenters. The number of esters is 1. The first-order valence-electron chi connectivity index (χ1n) is 16.6. The SMILES string of the molecule is CC(=O)N(C1O[C@H](CO)[C@@H](O)[C@H](O[C@H](C)C(=O)O)[C@H]1N)[C@@H](C)C(=O)N[C@H](CCC(=O)N[C@@H](C)C(=O)OC(c1ccccc1)c1ccccc1)C(N)=O. The highest BCUT2D eigenvalue weighted by Crippen LogP contribution is 2.28. The number of aliphatic carboxylic acids is 1. The molecule has 0 aromatic heterocycles. The van der Waals surface area contributed by atoms with Crippen LogP contribution in [0.3, 0.4) is 0 Å². The van der Waals surface area contributed by atoms with Crippen LogP contribution < -0.4 is 22.1 Å². The smallest absolute Gasteiger partial charge is 0.332 e. The number of ether oxygens (including phenoxy) is 3. The lowest BCUT2D eigenvalue weighted by Gasteiger charge is -2.48. The molecule has 1 unspecified atom stereocenters. The van der Waals surface area contributed by atoms with Crippen LogP contribution >= 0.6 is 0 Å². The second-order valence-electron chi connectivity index (χ2n) is 12.4. The van der Waals surface area contributed by atoms with E-state index in [1.54, 1.807) is 0 Å². The number of carbonyl (C=O) groups excluding carboxylic acids is 5. The normalized spacial score (nSPS) is 22.3. The first kappa shape index (κ1) is 41.5. The van der Waals surface area contributed by atoms with Gasteiger partial charge in [-0.1, -0.05) is 60.7 Å². The highest BCUT2D eigenvalue weighted by atomic mass is 16.6. The maximum Gasteiger partial charge on any atom is 0.332 e. The van der Waals surface area contributed by atoms with Crippen molar-refractivity contribution < 1.29 is 58.3 Å². The highest BCUT2D eigenvalue weighted by Gasteiger charge is 2.49. The molecule has 284 valence electrons. The average molecular weight is 730 g/mol. The summed E-state index contributed by atoms with van der Waals surface area (Å²) < 4.78 is 16.9. The van der Waals surface area contributed by atoms with Crippen LogP contribution in [0.2, 0.25) is 0 Å². The fraction of sp³-hybridized carbons (Fsp3) is 0.486. The Balaban J connectivity index is 1.65. The number of nitrogens with one attached hydrogen (secondary N) is 2. The highest BCUT2D eigenvalue weighted by molar-refractivity contribution is 5.91. The Bertz CT molecular complexity index is 1510. The molecule has 0 saturated carbocycles. The van der Waals surface area contributed by atoms with E-state index in [1.807, 2.05) is 60.7 Å². The van der Waals surface area contributed by atoms with Crippen LogP contribution in [-0.2, 0) is 43.0 Å². The Hall–Kier alpha value is -4.94. The summed E-state index contributed by atoms with van der Waals surface area (Å²) in [6, 6.07) is 12.9. The number of carbonyl (C=O) groups is 6. The lowest BCUT2D eigenvalue weighted by molar-refractivity contribution is -0.245. The first-order chi connectivity index (χ1) is 24.6. The van der Waals surface area contributed by atoms with Crippen LogP contribution in [0.5, 0.6) is 0 Å². The van der Waals surface area contributed by atoms with E-state index < -0.39 is 103 Å². The number of nitrogens with two attached hydrogens (primary N) is 2. The fourth-order valence-corrected chi connectivity index (χ4v) is 5.65. The number of amides is 4. The summed E-state index contributed by atoms with van der Waals surface area (Å²) in [4.78, 5) is 76.7. The van der Waals surface area contributed by atoms with Gasteiger partial charge in [-0.15, -0.1) is 0 Å². The molecule has 52 heavy (non-hydrogen) atoms. The Kier molecular flexibility index (Phi) is 15.2. The van der Waals surface area contributed by atoms with Gasteiger partial charge in [0.1, 0.15) is 36.4 Å². The molecule has 17 nitrogen and oxygen atoms in total. The lowest BCUT2D eigenvalue weighted by Crippen LogP contribution is -2.70. The Labute approximate surface area is 300 Å². The number of benzene rings is 2. The average Bonchev–Trinajstić information content (AvgIpc) is 3.11. The van der Waals surface area contributed by atoms with E-state index >= 15 is 0 Å². The van der Waals surface area contributed by atoms with Crippen molar-refractivity contribution in [3.63, 3.8) is 0 Å². The van der Waals surface area contributed by atoms with Gasteiger partial charge in [-0.05, 0) is 38.3 Å². The van der Waals surface area contributed by atoms with E-state index in [-0.39, 0.29) is 12.8 Å². The van der Waals surface area contributed by atoms with Crippen LogP contribution in [0, 0.1) is 0 Å². The standard InChI is InChI=1S/C35H47N5O12/c1-18(35(49)52-29(22-11-7-5-8-12-22)23-13-9-6-10-14-23)38-26(43)16-15-24(31(37)45)39-32(46)19(2)40(21(4)42)33-27(36)30(50-20(3)34(47)48)28(44)25(17-41)51-33/h5-14,18-20,24-25,27-30,33,41,44H,15-17,36H2,1-4H3,(H2,37,45)(H,38,43)(H,39,46)(H,47,48)/t18-,19-,20+,24+,25+,27+,28+,30+,33?/m0/s1. The largest absolute Gasteiger partial charge is 0.479 e. The molecule has 0 bridgehead atoms. The van der Waals surface area contributed by atoms with Crippen molar-refractivity contribution in [2.75, 3.05) is 6.61 Å². The van der Waals surface area contributed by atoms with Crippen molar-refractivity contribution in [1.29, 1.82) is 0 Å². The predicted molar refractivity (Wildman–Crippen MR) is 182 cm³/mol. The minimum absolute atomic E-state index is 0.278. The zero-order valence-electron chi connectivity index (χ0n) is 29.3. The van der Waals surface area contributed by atoms with Crippen molar-refractivity contribution in [2.45, 2.75) is 101 Å². The number of aliphatic hydroxyl groups excluding tert-OH is 2. The van der Waals surface area contributed by atoms with Crippen molar-refractivity contribution in [2.24, 2.45) is 11.5 Å². The van der Waals surface area contributed by atoms with E-state index in [2.05, 4.69) is 10.6 Å². The van der Waals surface area contributed by atoms with Crippen molar-refractivity contribution in [1.82, 2.24) is 15.5 Å². The molecule has 0 spiro atoms. The zero-order valence-corrected chi connectivity index (χ0v) is 29.3. The fourth-order valence-electron chi connectivity index (χ4n) is 5.65. The minimum atomic E-state index is -1.58. The number of carboxylic acid groups (broad SMARTS) is 1. The first-order valence-corrected chi connectivity index (χ1v) is 16.6. The maximum absolute atomic E-state index is 13.4. The van der Waals surface area contributed by atoms with Gasteiger partial charge in [-0.2, -0.15) is 0 Å². The van der Waals surface area contributed by atoms with Gasteiger partial charge in [0.15, 0.2) is 18.4 Å². The molecule has 1 heterocycles. The molecule has 1 aliphatic rings. The van der Waals surface area contributed by atoms with Crippen LogP contribution in [0.25, 0.3) is 0 Å². The summed E-state index contributed by atoms with van der Waals surface area (Å²) in [5.41, 5.74) is 13.2. The summed E-state index contributed by atoms with van der Waals surface area (Å²) in [5.74, 6) is -5.35. The molecule has 0 radical (unpaired) electrons. The summed E-state index contributed by atoms with van der Waals surface area (Å²) >= 11 is 0. The van der Waals surface area contributed by atoms with Gasteiger partial charge >= 0.3 is 11.9 Å². The van der Waals surface area contributed by atoms with Crippen LogP contribution in [-0.4, -0.2) is 117 Å². The number of aliphatic hydroxyl groups is 2. The van der Waals surface area contributed by atoms with Gasteiger partial charge in [-0.3, -0.25) is 19.2 Å². The molecular formula is C35H47N5O12. The molecule has 4 amide bonds. The van der Waals surface area contributed by atoms with E-state index in [4.69, 9.17) is 25.7 Å². The molecule has 1 aliphatic heterocycles. The number of carboxylic acids is 1. The van der Waals surface area contributed by atoms with Gasteiger partial charge in [0.25, 0.3) is 0 Å². The molecule has 2 aromatic rings. The van der Waals surface area contributed by atoms with Gasteiger partial charge in [-0.25, -0.2) is 9.59 Å². The molecule has 0 aliphatic carbocycles. The minimum Gasteiger partial charge on any atom is -0.479 e. The monoisotopic (exact) mass is 729 g/mol. The third-order valence-electron chi connectivity index (χ3n) is 8.55. The quantitative estimate of drug-likeness (QED) is 0.0972. The molecule has 9 N–H and O–H groups in total. The van der Waals surface area contributed by atoms with Gasteiger partial charge in [0.2, 0.25) is 23.6 Å². The van der Waals surface area contributed by atoms with Crippen molar-refractivity contribution in [3.05, 3.63) is 71.8 Å². The second-order valence-corrected chi connectivity index (χ2v) is 12.4. The second kappa shape index (κ2) is 19.1. The van der Waals surface area contributed by atoms with Gasteiger partial charge < -0.3 is 56.5 Å². The molecular weight excluding hydrogens is 682 g/mol. The summed E-state index contributed by atoms with van der Waals surface area (Å²) in [5, 5.41) is 34.7. The van der Waals surface area contributed by atoms with Gasteiger partial charge in [0.05, 0.1) is 12.6 Å². The topological polar surface area (TPSA) is 270 Å². The summed E-state index contributed by atoms with van der Waals surface area (Å²) in [6.45, 7) is 4.26. The third kappa shape index (κ3) is 10.8. The number of nitrogens with zero attached hydrogens (tertiary/aromatic N) is 1. The van der Waals surface area contributed by atoms with E-state index in [1.165, 1.54) is 20.8 Å². The predicted octanol–water partition coefficient (Wildman–Crippen LogP) is -0.925.